The summed E-state index contributed by atoms with van der Waals surface area (Å²) in [5.41, 5.74) is 5.64. The van der Waals surface area contributed by atoms with E-state index in [0.29, 0.717) is 0 Å². The Hall–Kier alpha value is -0.0400. The number of hydrogen-bond acceptors (Lipinski definition) is 1. The van der Waals surface area contributed by atoms with Crippen molar-refractivity contribution in [2.45, 2.75) is 26.2 Å². The summed E-state index contributed by atoms with van der Waals surface area (Å²) in [4.78, 5) is 0. The van der Waals surface area contributed by atoms with Gasteiger partial charge >= 0.3 is 0 Å². The molecular formula is C9H17N. The highest BCUT2D eigenvalue weighted by molar-refractivity contribution is 5.00. The molecule has 0 aliphatic heterocycles. The van der Waals surface area contributed by atoms with E-state index in [4.69, 9.17) is 5.73 Å². The highest BCUT2D eigenvalue weighted by atomic mass is 14.7. The van der Waals surface area contributed by atoms with Crippen LogP contribution in [0.3, 0.4) is 0 Å². The van der Waals surface area contributed by atoms with Gasteiger partial charge in [0.2, 0.25) is 0 Å². The fourth-order valence-corrected chi connectivity index (χ4v) is 2.71. The quantitative estimate of drug-likeness (QED) is 0.587. The van der Waals surface area contributed by atoms with Crippen molar-refractivity contribution in [2.24, 2.45) is 29.4 Å². The van der Waals surface area contributed by atoms with Crippen LogP contribution >= 0.6 is 0 Å². The van der Waals surface area contributed by atoms with Gasteiger partial charge < -0.3 is 5.73 Å². The van der Waals surface area contributed by atoms with Crippen molar-refractivity contribution in [3.8, 4) is 0 Å². The Morgan fingerprint density at radius 2 is 2.10 bits per heavy atom. The number of nitrogens with two attached hydrogens (primary N) is 1. The summed E-state index contributed by atoms with van der Waals surface area (Å²) in [6.45, 7) is 3.32. The van der Waals surface area contributed by atoms with E-state index in [9.17, 15) is 0 Å². The van der Waals surface area contributed by atoms with Crippen molar-refractivity contribution < 1.29 is 0 Å². The first-order valence-corrected chi connectivity index (χ1v) is 4.53. The van der Waals surface area contributed by atoms with Gasteiger partial charge in [0.25, 0.3) is 0 Å². The Kier molecular flexibility index (Phi) is 1.48. The molecule has 4 atom stereocenters. The first-order chi connectivity index (χ1) is 4.83. The number of fused-ring (bicyclic) bond motifs is 1. The predicted octanol–water partition coefficient (Wildman–Crippen LogP) is 1.63. The Balaban J connectivity index is 1.91. The minimum absolute atomic E-state index is 0.921. The standard InChI is InChI=1S/C9H17N/c1-6-2-3-7-8(4-6)9(7)5-10/h6-9H,2-5,10H2,1H3/t6?,7-,8+,9?/m0/s1. The molecule has 0 aromatic heterocycles. The van der Waals surface area contributed by atoms with Crippen LogP contribution < -0.4 is 5.73 Å². The summed E-state index contributed by atoms with van der Waals surface area (Å²) in [6.07, 6.45) is 4.39. The molecule has 2 N–H and O–H groups in total. The fourth-order valence-electron chi connectivity index (χ4n) is 2.71. The molecule has 2 unspecified atom stereocenters. The Morgan fingerprint density at radius 3 is 2.70 bits per heavy atom. The van der Waals surface area contributed by atoms with Gasteiger partial charge in [0, 0.05) is 0 Å². The summed E-state index contributed by atoms with van der Waals surface area (Å²) in [7, 11) is 0. The van der Waals surface area contributed by atoms with E-state index in [1.165, 1.54) is 19.3 Å². The maximum absolute atomic E-state index is 5.64. The second kappa shape index (κ2) is 2.23. The van der Waals surface area contributed by atoms with Crippen LogP contribution in [0.2, 0.25) is 0 Å². The molecule has 0 spiro atoms. The summed E-state index contributed by atoms with van der Waals surface area (Å²) in [5, 5.41) is 0. The van der Waals surface area contributed by atoms with Gasteiger partial charge in [0.05, 0.1) is 0 Å². The van der Waals surface area contributed by atoms with Crippen LogP contribution in [-0.2, 0) is 0 Å². The van der Waals surface area contributed by atoms with Crippen molar-refractivity contribution in [2.75, 3.05) is 6.54 Å². The second-order valence-corrected chi connectivity index (χ2v) is 4.15. The third kappa shape index (κ3) is 0.878. The Bertz CT molecular complexity index is 129. The first-order valence-electron chi connectivity index (χ1n) is 4.53. The van der Waals surface area contributed by atoms with Gasteiger partial charge in [0.15, 0.2) is 0 Å². The van der Waals surface area contributed by atoms with Gasteiger partial charge in [-0.25, -0.2) is 0 Å². The third-order valence-electron chi connectivity index (χ3n) is 3.45. The molecule has 2 fully saturated rings. The molecule has 2 rings (SSSR count). The van der Waals surface area contributed by atoms with Crippen molar-refractivity contribution in [3.05, 3.63) is 0 Å². The second-order valence-electron chi connectivity index (χ2n) is 4.15. The highest BCUT2D eigenvalue weighted by Gasteiger charge is 2.50. The van der Waals surface area contributed by atoms with Gasteiger partial charge in [-0.2, -0.15) is 0 Å². The normalized spacial score (nSPS) is 52.2. The lowest BCUT2D eigenvalue weighted by Crippen LogP contribution is -2.04. The zero-order valence-electron chi connectivity index (χ0n) is 6.72. The summed E-state index contributed by atoms with van der Waals surface area (Å²) in [5.74, 6) is 3.98. The molecule has 0 radical (unpaired) electrons. The zero-order chi connectivity index (χ0) is 7.14. The van der Waals surface area contributed by atoms with Gasteiger partial charge in [-0.05, 0) is 43.1 Å². The molecular weight excluding hydrogens is 122 g/mol. The van der Waals surface area contributed by atoms with Gasteiger partial charge in [-0.3, -0.25) is 0 Å². The van der Waals surface area contributed by atoms with Crippen LogP contribution in [0.5, 0.6) is 0 Å². The average Bonchev–Trinajstić information content (AvgIpc) is 2.60. The van der Waals surface area contributed by atoms with E-state index in [1.54, 1.807) is 0 Å². The van der Waals surface area contributed by atoms with Crippen LogP contribution in [0, 0.1) is 23.7 Å². The molecule has 0 heterocycles. The largest absolute Gasteiger partial charge is 0.330 e. The minimum Gasteiger partial charge on any atom is -0.330 e. The minimum atomic E-state index is 0.921. The lowest BCUT2D eigenvalue weighted by molar-refractivity contribution is 0.368. The molecule has 0 saturated heterocycles. The Labute approximate surface area is 63.0 Å². The molecule has 1 nitrogen and oxygen atoms in total. The fraction of sp³-hybridized carbons (Fsp3) is 1.00. The van der Waals surface area contributed by atoms with Crippen LogP contribution in [0.1, 0.15) is 26.2 Å². The molecule has 0 bridgehead atoms. The van der Waals surface area contributed by atoms with Gasteiger partial charge in [0.1, 0.15) is 0 Å². The summed E-state index contributed by atoms with van der Waals surface area (Å²) in [6, 6.07) is 0. The van der Waals surface area contributed by atoms with E-state index >= 15 is 0 Å². The smallest absolute Gasteiger partial charge is 0.00434 e. The van der Waals surface area contributed by atoms with Crippen LogP contribution in [0.4, 0.5) is 0 Å². The SMILES string of the molecule is CC1CC[C@@H]2C(CN)[C@@H]2C1. The van der Waals surface area contributed by atoms with Crippen molar-refractivity contribution in [1.29, 1.82) is 0 Å². The molecule has 1 heteroatoms. The van der Waals surface area contributed by atoms with E-state index < -0.39 is 0 Å². The predicted molar refractivity (Wildman–Crippen MR) is 42.5 cm³/mol. The molecule has 2 aliphatic rings. The van der Waals surface area contributed by atoms with E-state index in [2.05, 4.69) is 6.92 Å². The van der Waals surface area contributed by atoms with Gasteiger partial charge in [-0.15, -0.1) is 0 Å². The van der Waals surface area contributed by atoms with Crippen LogP contribution in [0.15, 0.2) is 0 Å². The maximum Gasteiger partial charge on any atom is -0.00434 e. The Morgan fingerprint density at radius 1 is 1.30 bits per heavy atom. The van der Waals surface area contributed by atoms with Crippen LogP contribution in [-0.4, -0.2) is 6.54 Å². The topological polar surface area (TPSA) is 26.0 Å². The lowest BCUT2D eigenvalue weighted by Gasteiger charge is -2.15. The molecule has 2 aliphatic carbocycles. The van der Waals surface area contributed by atoms with Crippen molar-refractivity contribution in [3.63, 3.8) is 0 Å². The van der Waals surface area contributed by atoms with E-state index in [1.807, 2.05) is 0 Å². The molecule has 0 aromatic rings. The number of rotatable bonds is 1. The molecule has 0 amide bonds. The highest BCUT2D eigenvalue weighted by Crippen LogP contribution is 2.56. The lowest BCUT2D eigenvalue weighted by atomic mass is 9.91. The molecule has 58 valence electrons. The molecule has 2 saturated carbocycles. The van der Waals surface area contributed by atoms with E-state index in [0.717, 1.165) is 30.2 Å². The average molecular weight is 139 g/mol. The maximum atomic E-state index is 5.64. The third-order valence-corrected chi connectivity index (χ3v) is 3.45. The number of hydrogen-bond donors (Lipinski definition) is 1. The van der Waals surface area contributed by atoms with Crippen molar-refractivity contribution >= 4 is 0 Å². The monoisotopic (exact) mass is 139 g/mol. The zero-order valence-corrected chi connectivity index (χ0v) is 6.72. The van der Waals surface area contributed by atoms with Gasteiger partial charge in [-0.1, -0.05) is 13.3 Å². The summed E-state index contributed by atoms with van der Waals surface area (Å²) < 4.78 is 0. The van der Waals surface area contributed by atoms with Crippen LogP contribution in [0.25, 0.3) is 0 Å². The van der Waals surface area contributed by atoms with Crippen molar-refractivity contribution in [1.82, 2.24) is 0 Å². The summed E-state index contributed by atoms with van der Waals surface area (Å²) >= 11 is 0. The molecule has 0 aromatic carbocycles. The first kappa shape index (κ1) is 6.66. The molecule has 10 heavy (non-hydrogen) atoms. The van der Waals surface area contributed by atoms with E-state index in [-0.39, 0.29) is 0 Å².